The van der Waals surface area contributed by atoms with Crippen LogP contribution >= 0.6 is 0 Å². The second-order valence-corrected chi connectivity index (χ2v) is 4.83. The summed E-state index contributed by atoms with van der Waals surface area (Å²) in [5, 5.41) is 0. The number of carbonyl (C=O) groups is 2. The van der Waals surface area contributed by atoms with E-state index in [1.54, 1.807) is 0 Å². The van der Waals surface area contributed by atoms with Gasteiger partial charge in [-0.1, -0.05) is 6.92 Å². The fourth-order valence-corrected chi connectivity index (χ4v) is 1.87. The number of hydrogen-bond acceptors (Lipinski definition) is 6. The number of esters is 2. The molecular weight excluding hydrogens is 274 g/mol. The first-order chi connectivity index (χ1) is 10.2. The van der Waals surface area contributed by atoms with Crippen LogP contribution in [0.4, 0.5) is 0 Å². The molecule has 0 aromatic rings. The van der Waals surface area contributed by atoms with Crippen LogP contribution in [0.1, 0.15) is 26.2 Å². The molecule has 0 N–H and O–H groups in total. The third kappa shape index (κ3) is 9.20. The molecule has 21 heavy (non-hydrogen) atoms. The molecule has 0 saturated carbocycles. The van der Waals surface area contributed by atoms with Crippen LogP contribution < -0.4 is 0 Å². The number of nitrogens with zero attached hydrogens (tertiary/aromatic N) is 1. The number of rotatable bonds is 9. The third-order valence-electron chi connectivity index (χ3n) is 3.02. The summed E-state index contributed by atoms with van der Waals surface area (Å²) < 4.78 is 15.1. The van der Waals surface area contributed by atoms with E-state index in [9.17, 15) is 9.59 Å². The predicted octanol–water partition coefficient (Wildman–Crippen LogP) is 1.15. The van der Waals surface area contributed by atoms with Crippen molar-refractivity contribution in [2.24, 2.45) is 0 Å². The van der Waals surface area contributed by atoms with Crippen molar-refractivity contribution in [2.45, 2.75) is 26.2 Å². The molecule has 0 aromatic heterocycles. The van der Waals surface area contributed by atoms with E-state index in [0.29, 0.717) is 13.2 Å². The lowest BCUT2D eigenvalue weighted by Gasteiger charge is -2.26. The van der Waals surface area contributed by atoms with Gasteiger partial charge in [0, 0.05) is 25.2 Å². The van der Waals surface area contributed by atoms with E-state index in [0.717, 1.165) is 64.3 Å². The fourth-order valence-electron chi connectivity index (χ4n) is 1.87. The van der Waals surface area contributed by atoms with Crippen LogP contribution in [0.15, 0.2) is 12.2 Å². The van der Waals surface area contributed by atoms with Crippen molar-refractivity contribution < 1.29 is 23.8 Å². The van der Waals surface area contributed by atoms with Crippen molar-refractivity contribution in [3.05, 3.63) is 12.2 Å². The quantitative estimate of drug-likeness (QED) is 0.361. The van der Waals surface area contributed by atoms with Crippen molar-refractivity contribution in [3.8, 4) is 0 Å². The Hall–Kier alpha value is -1.40. The van der Waals surface area contributed by atoms with Gasteiger partial charge in [0.15, 0.2) is 0 Å². The molecule has 0 atom stereocenters. The lowest BCUT2D eigenvalue weighted by molar-refractivity contribution is -0.140. The Labute approximate surface area is 126 Å². The SMILES string of the molecule is CCCOC(=O)/C=C/C(=O)OCCCCN1CCOCC1. The van der Waals surface area contributed by atoms with Gasteiger partial charge >= 0.3 is 11.9 Å². The van der Waals surface area contributed by atoms with Gasteiger partial charge in [0.2, 0.25) is 0 Å². The highest BCUT2D eigenvalue weighted by atomic mass is 16.5. The second kappa shape index (κ2) is 11.3. The van der Waals surface area contributed by atoms with Crippen LogP contribution in [0, 0.1) is 0 Å². The largest absolute Gasteiger partial charge is 0.463 e. The molecule has 1 saturated heterocycles. The Morgan fingerprint density at radius 2 is 1.67 bits per heavy atom. The molecule has 0 amide bonds. The molecule has 1 heterocycles. The van der Waals surface area contributed by atoms with Gasteiger partial charge in [0.05, 0.1) is 26.4 Å². The second-order valence-electron chi connectivity index (χ2n) is 4.83. The average molecular weight is 299 g/mol. The summed E-state index contributed by atoms with van der Waals surface area (Å²) in [6, 6.07) is 0. The topological polar surface area (TPSA) is 65.1 Å². The maximum Gasteiger partial charge on any atom is 0.331 e. The summed E-state index contributed by atoms with van der Waals surface area (Å²) in [5.74, 6) is -1.02. The fraction of sp³-hybridized carbons (Fsp3) is 0.733. The highest BCUT2D eigenvalue weighted by Gasteiger charge is 2.09. The molecule has 120 valence electrons. The monoisotopic (exact) mass is 299 g/mol. The first-order valence-corrected chi connectivity index (χ1v) is 7.54. The van der Waals surface area contributed by atoms with Crippen molar-refractivity contribution in [2.75, 3.05) is 46.1 Å². The van der Waals surface area contributed by atoms with Crippen LogP contribution in [-0.2, 0) is 23.8 Å². The van der Waals surface area contributed by atoms with E-state index in [-0.39, 0.29) is 0 Å². The highest BCUT2D eigenvalue weighted by molar-refractivity contribution is 5.91. The number of unbranched alkanes of at least 4 members (excludes halogenated alkanes) is 1. The van der Waals surface area contributed by atoms with Crippen molar-refractivity contribution >= 4 is 11.9 Å². The van der Waals surface area contributed by atoms with E-state index in [2.05, 4.69) is 4.90 Å². The van der Waals surface area contributed by atoms with Gasteiger partial charge in [-0.2, -0.15) is 0 Å². The molecule has 0 spiro atoms. The number of ether oxygens (including phenoxy) is 3. The predicted molar refractivity (Wildman–Crippen MR) is 77.8 cm³/mol. The smallest absolute Gasteiger partial charge is 0.331 e. The van der Waals surface area contributed by atoms with Crippen LogP contribution in [0.2, 0.25) is 0 Å². The van der Waals surface area contributed by atoms with Crippen LogP contribution in [0.5, 0.6) is 0 Å². The van der Waals surface area contributed by atoms with E-state index in [1.165, 1.54) is 0 Å². The molecular formula is C15H25NO5. The molecule has 0 unspecified atom stereocenters. The highest BCUT2D eigenvalue weighted by Crippen LogP contribution is 2.00. The van der Waals surface area contributed by atoms with Crippen molar-refractivity contribution in [3.63, 3.8) is 0 Å². The Morgan fingerprint density at radius 3 is 2.29 bits per heavy atom. The van der Waals surface area contributed by atoms with Crippen LogP contribution in [-0.4, -0.2) is 62.9 Å². The van der Waals surface area contributed by atoms with Crippen LogP contribution in [0.3, 0.4) is 0 Å². The first kappa shape index (κ1) is 17.7. The summed E-state index contributed by atoms with van der Waals surface area (Å²) in [7, 11) is 0. The number of morpholine rings is 1. The Balaban J connectivity index is 1.99. The molecule has 1 fully saturated rings. The van der Waals surface area contributed by atoms with E-state index in [1.807, 2.05) is 6.92 Å². The van der Waals surface area contributed by atoms with Gasteiger partial charge in [0.1, 0.15) is 0 Å². The van der Waals surface area contributed by atoms with Crippen molar-refractivity contribution in [1.82, 2.24) is 4.90 Å². The zero-order valence-corrected chi connectivity index (χ0v) is 12.7. The lowest BCUT2D eigenvalue weighted by Crippen LogP contribution is -2.36. The van der Waals surface area contributed by atoms with Crippen LogP contribution in [0.25, 0.3) is 0 Å². The third-order valence-corrected chi connectivity index (χ3v) is 3.02. The minimum Gasteiger partial charge on any atom is -0.463 e. The first-order valence-electron chi connectivity index (χ1n) is 7.54. The standard InChI is InChI=1S/C15H25NO5/c1-2-10-20-14(17)5-6-15(18)21-11-4-3-7-16-8-12-19-13-9-16/h5-6H,2-4,7-13H2,1H3/b6-5+. The molecule has 1 aliphatic heterocycles. The molecule has 0 aromatic carbocycles. The summed E-state index contributed by atoms with van der Waals surface area (Å²) in [6.07, 6.45) is 4.77. The van der Waals surface area contributed by atoms with E-state index >= 15 is 0 Å². The summed E-state index contributed by atoms with van der Waals surface area (Å²) in [6.45, 7) is 7.19. The zero-order valence-electron chi connectivity index (χ0n) is 12.7. The zero-order chi connectivity index (χ0) is 15.3. The molecule has 0 radical (unpaired) electrons. The summed E-state index contributed by atoms with van der Waals surface area (Å²) in [5.41, 5.74) is 0. The summed E-state index contributed by atoms with van der Waals surface area (Å²) >= 11 is 0. The maximum atomic E-state index is 11.3. The summed E-state index contributed by atoms with van der Waals surface area (Å²) in [4.78, 5) is 24.8. The minimum atomic E-state index is -0.513. The van der Waals surface area contributed by atoms with Gasteiger partial charge in [-0.15, -0.1) is 0 Å². The van der Waals surface area contributed by atoms with E-state index in [4.69, 9.17) is 14.2 Å². The lowest BCUT2D eigenvalue weighted by atomic mass is 10.3. The van der Waals surface area contributed by atoms with Crippen molar-refractivity contribution in [1.29, 1.82) is 0 Å². The number of hydrogen-bond donors (Lipinski definition) is 0. The molecule has 0 aliphatic carbocycles. The molecule has 6 heteroatoms. The Bertz CT molecular complexity index is 337. The Morgan fingerprint density at radius 1 is 1.05 bits per heavy atom. The maximum absolute atomic E-state index is 11.3. The normalized spacial score (nSPS) is 16.0. The molecule has 6 nitrogen and oxygen atoms in total. The molecule has 1 rings (SSSR count). The van der Waals surface area contributed by atoms with Gasteiger partial charge < -0.3 is 14.2 Å². The Kier molecular flexibility index (Phi) is 9.48. The van der Waals surface area contributed by atoms with Gasteiger partial charge in [-0.3, -0.25) is 4.90 Å². The number of carbonyl (C=O) groups excluding carboxylic acids is 2. The average Bonchev–Trinajstić information content (AvgIpc) is 2.51. The van der Waals surface area contributed by atoms with Gasteiger partial charge in [0.25, 0.3) is 0 Å². The van der Waals surface area contributed by atoms with Gasteiger partial charge in [-0.25, -0.2) is 9.59 Å². The molecule has 1 aliphatic rings. The van der Waals surface area contributed by atoms with Gasteiger partial charge in [-0.05, 0) is 25.8 Å². The molecule has 0 bridgehead atoms. The minimum absolute atomic E-state index is 0.361. The van der Waals surface area contributed by atoms with E-state index < -0.39 is 11.9 Å².